The van der Waals surface area contributed by atoms with E-state index in [9.17, 15) is 8.78 Å². The van der Waals surface area contributed by atoms with Crippen molar-refractivity contribution in [2.45, 2.75) is 17.9 Å². The minimum atomic E-state index is -2.76. The van der Waals surface area contributed by atoms with E-state index in [0.717, 1.165) is 5.69 Å². The highest BCUT2D eigenvalue weighted by atomic mass is 19.3. The third-order valence-corrected chi connectivity index (χ3v) is 2.90. The van der Waals surface area contributed by atoms with Crippen LogP contribution in [0.3, 0.4) is 0 Å². The molecule has 2 N–H and O–H groups in total. The first-order valence-corrected chi connectivity index (χ1v) is 4.82. The molecular weight excluding hydrogens is 198 g/mol. The molecule has 1 aliphatic rings. The monoisotopic (exact) mass is 212 g/mol. The molecule has 1 aromatic rings. The van der Waals surface area contributed by atoms with E-state index in [1.807, 2.05) is 20.2 Å². The second-order valence-electron chi connectivity index (χ2n) is 4.26. The molecule has 0 amide bonds. The largest absolute Gasteiger partial charge is 0.377 e. The fourth-order valence-corrected chi connectivity index (χ4v) is 1.84. The summed E-state index contributed by atoms with van der Waals surface area (Å²) in [6, 6.07) is 7.04. The Bertz CT molecular complexity index is 390. The van der Waals surface area contributed by atoms with Crippen LogP contribution in [0.4, 0.5) is 14.5 Å². The maximum atomic E-state index is 13.2. The average Bonchev–Trinajstić information content (AvgIpc) is 2.67. The fourth-order valence-electron chi connectivity index (χ4n) is 1.84. The molecule has 0 aromatic heterocycles. The predicted molar refractivity (Wildman–Crippen MR) is 56.2 cm³/mol. The van der Waals surface area contributed by atoms with Gasteiger partial charge in [0, 0.05) is 31.8 Å². The first-order chi connectivity index (χ1) is 6.88. The Kier molecular flexibility index (Phi) is 2.01. The first-order valence-electron chi connectivity index (χ1n) is 4.82. The molecule has 0 spiro atoms. The van der Waals surface area contributed by atoms with Crippen molar-refractivity contribution in [1.29, 1.82) is 0 Å². The number of alkyl halides is 2. The zero-order valence-electron chi connectivity index (χ0n) is 8.80. The summed E-state index contributed by atoms with van der Waals surface area (Å²) < 4.78 is 26.3. The van der Waals surface area contributed by atoms with Crippen molar-refractivity contribution < 1.29 is 8.78 Å². The normalized spacial score (nSPS) is 27.5. The van der Waals surface area contributed by atoms with Crippen LogP contribution in [0.2, 0.25) is 0 Å². The highest BCUT2D eigenvalue weighted by Gasteiger charge is 2.70. The van der Waals surface area contributed by atoms with Gasteiger partial charge < -0.3 is 10.6 Å². The Morgan fingerprint density at radius 3 is 2.27 bits per heavy atom. The van der Waals surface area contributed by atoms with E-state index < -0.39 is 11.5 Å². The van der Waals surface area contributed by atoms with Crippen LogP contribution in [0.15, 0.2) is 24.3 Å². The number of benzene rings is 1. The predicted octanol–water partition coefficient (Wildman–Crippen LogP) is 1.95. The molecule has 4 heteroatoms. The third-order valence-electron chi connectivity index (χ3n) is 2.90. The van der Waals surface area contributed by atoms with E-state index in [2.05, 4.69) is 0 Å². The van der Waals surface area contributed by atoms with Gasteiger partial charge in [0.15, 0.2) is 0 Å². The van der Waals surface area contributed by atoms with Gasteiger partial charge in [-0.2, -0.15) is 0 Å². The topological polar surface area (TPSA) is 29.3 Å². The van der Waals surface area contributed by atoms with E-state index in [4.69, 9.17) is 5.73 Å². The highest BCUT2D eigenvalue weighted by molar-refractivity contribution is 5.58. The lowest BCUT2D eigenvalue weighted by Gasteiger charge is -2.21. The molecule has 82 valence electrons. The lowest BCUT2D eigenvalue weighted by molar-refractivity contribution is 0.0892. The number of halogens is 2. The zero-order valence-corrected chi connectivity index (χ0v) is 8.80. The maximum absolute atomic E-state index is 13.2. The van der Waals surface area contributed by atoms with Crippen LogP contribution in [-0.4, -0.2) is 20.0 Å². The minimum Gasteiger partial charge on any atom is -0.377 e. The summed E-state index contributed by atoms with van der Waals surface area (Å²) in [5, 5.41) is 0. The minimum absolute atomic E-state index is 0.259. The van der Waals surface area contributed by atoms with Crippen LogP contribution in [0.1, 0.15) is 12.0 Å². The Hall–Kier alpha value is -1.16. The summed E-state index contributed by atoms with van der Waals surface area (Å²) >= 11 is 0. The van der Waals surface area contributed by atoms with E-state index in [1.54, 1.807) is 23.1 Å². The van der Waals surface area contributed by atoms with Crippen LogP contribution in [-0.2, 0) is 5.54 Å². The van der Waals surface area contributed by atoms with E-state index in [0.29, 0.717) is 5.56 Å². The van der Waals surface area contributed by atoms with E-state index in [1.165, 1.54) is 0 Å². The number of nitrogens with two attached hydrogens (primary N) is 1. The van der Waals surface area contributed by atoms with Gasteiger partial charge in [-0.1, -0.05) is 18.2 Å². The van der Waals surface area contributed by atoms with Crippen LogP contribution < -0.4 is 10.6 Å². The number of anilines is 1. The summed E-state index contributed by atoms with van der Waals surface area (Å²) in [7, 11) is 3.64. The average molecular weight is 212 g/mol. The highest BCUT2D eigenvalue weighted by Crippen LogP contribution is 2.59. The maximum Gasteiger partial charge on any atom is 0.272 e. The summed E-state index contributed by atoms with van der Waals surface area (Å²) in [5.41, 5.74) is 5.53. The van der Waals surface area contributed by atoms with Gasteiger partial charge in [0.25, 0.3) is 5.92 Å². The third kappa shape index (κ3) is 1.40. The molecule has 1 unspecified atom stereocenters. The molecule has 0 radical (unpaired) electrons. The van der Waals surface area contributed by atoms with Crippen LogP contribution in [0.5, 0.6) is 0 Å². The molecule has 1 aliphatic carbocycles. The lowest BCUT2D eigenvalue weighted by Crippen LogP contribution is -2.29. The molecule has 1 atom stereocenters. The number of hydrogen-bond acceptors (Lipinski definition) is 2. The molecule has 0 aliphatic heterocycles. The number of hydrogen-bond donors (Lipinski definition) is 1. The Morgan fingerprint density at radius 1 is 1.27 bits per heavy atom. The van der Waals surface area contributed by atoms with Crippen molar-refractivity contribution in [1.82, 2.24) is 0 Å². The van der Waals surface area contributed by atoms with Gasteiger partial charge in [-0.15, -0.1) is 0 Å². The Morgan fingerprint density at radius 2 is 1.80 bits per heavy atom. The smallest absolute Gasteiger partial charge is 0.272 e. The van der Waals surface area contributed by atoms with Gasteiger partial charge in [-0.05, 0) is 6.07 Å². The second-order valence-corrected chi connectivity index (χ2v) is 4.26. The van der Waals surface area contributed by atoms with Crippen molar-refractivity contribution in [2.75, 3.05) is 19.0 Å². The van der Waals surface area contributed by atoms with Gasteiger partial charge >= 0.3 is 0 Å². The second kappa shape index (κ2) is 2.92. The Balaban J connectivity index is 2.46. The zero-order chi connectivity index (χ0) is 11.3. The van der Waals surface area contributed by atoms with Crippen molar-refractivity contribution in [3.63, 3.8) is 0 Å². The van der Waals surface area contributed by atoms with Crippen LogP contribution >= 0.6 is 0 Å². The lowest BCUT2D eigenvalue weighted by atomic mass is 10.0. The first kappa shape index (κ1) is 10.4. The number of nitrogens with zero attached hydrogens (tertiary/aromatic N) is 1. The molecular formula is C11H14F2N2. The van der Waals surface area contributed by atoms with Crippen molar-refractivity contribution in [3.8, 4) is 0 Å². The molecule has 2 rings (SSSR count). The quantitative estimate of drug-likeness (QED) is 0.811. The van der Waals surface area contributed by atoms with Crippen molar-refractivity contribution in [3.05, 3.63) is 29.8 Å². The number of para-hydroxylation sites is 1. The fraction of sp³-hybridized carbons (Fsp3) is 0.455. The van der Waals surface area contributed by atoms with Gasteiger partial charge in [-0.25, -0.2) is 8.78 Å². The molecule has 0 heterocycles. The van der Waals surface area contributed by atoms with Gasteiger partial charge in [-0.3, -0.25) is 0 Å². The molecule has 15 heavy (non-hydrogen) atoms. The van der Waals surface area contributed by atoms with Crippen LogP contribution in [0.25, 0.3) is 0 Å². The standard InChI is InChI=1S/C11H14F2N2/c1-15(2)9-6-4-3-5-8(9)10(14)7-11(10,12)13/h3-6H,7,14H2,1-2H3. The summed E-state index contributed by atoms with van der Waals surface area (Å²) in [5.74, 6) is -2.76. The summed E-state index contributed by atoms with van der Waals surface area (Å²) in [6.45, 7) is 0. The summed E-state index contributed by atoms with van der Waals surface area (Å²) in [4.78, 5) is 1.80. The molecule has 2 nitrogen and oxygen atoms in total. The molecule has 1 saturated carbocycles. The van der Waals surface area contributed by atoms with Crippen molar-refractivity contribution in [2.24, 2.45) is 5.73 Å². The van der Waals surface area contributed by atoms with Gasteiger partial charge in [0.2, 0.25) is 0 Å². The SMILES string of the molecule is CN(C)c1ccccc1C1(N)CC1(F)F. The van der Waals surface area contributed by atoms with E-state index >= 15 is 0 Å². The van der Waals surface area contributed by atoms with E-state index in [-0.39, 0.29) is 6.42 Å². The molecule has 0 bridgehead atoms. The Labute approximate surface area is 87.7 Å². The molecule has 0 saturated heterocycles. The van der Waals surface area contributed by atoms with Crippen LogP contribution in [0, 0.1) is 0 Å². The molecule has 1 aromatic carbocycles. The van der Waals surface area contributed by atoms with Gasteiger partial charge in [0.1, 0.15) is 5.54 Å². The molecule has 1 fully saturated rings. The summed E-state index contributed by atoms with van der Waals surface area (Å²) in [6.07, 6.45) is -0.259. The van der Waals surface area contributed by atoms with Crippen molar-refractivity contribution >= 4 is 5.69 Å². The number of rotatable bonds is 2. The van der Waals surface area contributed by atoms with Gasteiger partial charge in [0.05, 0.1) is 0 Å².